The molecular formula is C12H8O5S. The van der Waals surface area contributed by atoms with E-state index in [-0.39, 0.29) is 5.56 Å². The van der Waals surface area contributed by atoms with Gasteiger partial charge in [0.2, 0.25) is 5.76 Å². The normalized spacial score (nSPS) is 11.4. The smallest absolute Gasteiger partial charge is 0.371 e. The molecule has 0 bridgehead atoms. The van der Waals surface area contributed by atoms with Gasteiger partial charge >= 0.3 is 5.97 Å². The molecule has 0 amide bonds. The SMILES string of the molecule is O=C(O)C(O)=CC(=O)c1coc(-c2cccs2)c1. The minimum atomic E-state index is -1.55. The van der Waals surface area contributed by atoms with Crippen LogP contribution in [0.3, 0.4) is 0 Å². The van der Waals surface area contributed by atoms with Crippen LogP contribution in [-0.2, 0) is 4.79 Å². The van der Waals surface area contributed by atoms with Crippen molar-refractivity contribution < 1.29 is 24.2 Å². The Bertz CT molecular complexity index is 606. The van der Waals surface area contributed by atoms with E-state index >= 15 is 0 Å². The van der Waals surface area contributed by atoms with Crippen molar-refractivity contribution in [3.8, 4) is 10.6 Å². The first-order chi connectivity index (χ1) is 8.58. The van der Waals surface area contributed by atoms with Gasteiger partial charge in [0.05, 0.1) is 10.4 Å². The molecule has 5 nitrogen and oxygen atoms in total. The number of carbonyl (C=O) groups excluding carboxylic acids is 1. The lowest BCUT2D eigenvalue weighted by atomic mass is 10.2. The molecule has 2 heterocycles. The van der Waals surface area contributed by atoms with Crippen LogP contribution in [0.25, 0.3) is 10.6 Å². The lowest BCUT2D eigenvalue weighted by Crippen LogP contribution is -2.03. The Kier molecular flexibility index (Phi) is 3.29. The number of hydrogen-bond acceptors (Lipinski definition) is 5. The van der Waals surface area contributed by atoms with Gasteiger partial charge in [-0.05, 0) is 17.5 Å². The highest BCUT2D eigenvalue weighted by atomic mass is 32.1. The molecule has 6 heteroatoms. The fourth-order valence-corrected chi connectivity index (χ4v) is 1.97. The van der Waals surface area contributed by atoms with Gasteiger partial charge in [-0.25, -0.2) is 4.79 Å². The highest BCUT2D eigenvalue weighted by Crippen LogP contribution is 2.26. The minimum Gasteiger partial charge on any atom is -0.502 e. The van der Waals surface area contributed by atoms with Crippen LogP contribution in [0.4, 0.5) is 0 Å². The second-order valence-electron chi connectivity index (χ2n) is 3.38. The van der Waals surface area contributed by atoms with Crippen molar-refractivity contribution in [1.82, 2.24) is 0 Å². The van der Waals surface area contributed by atoms with Crippen LogP contribution < -0.4 is 0 Å². The van der Waals surface area contributed by atoms with Gasteiger partial charge in [0.15, 0.2) is 5.78 Å². The molecular weight excluding hydrogens is 256 g/mol. The summed E-state index contributed by atoms with van der Waals surface area (Å²) in [5.41, 5.74) is 0.186. The van der Waals surface area contributed by atoms with E-state index in [2.05, 4.69) is 0 Å². The summed E-state index contributed by atoms with van der Waals surface area (Å²) in [7, 11) is 0. The lowest BCUT2D eigenvalue weighted by molar-refractivity contribution is -0.135. The molecule has 0 fully saturated rings. The number of hydrogen-bond donors (Lipinski definition) is 2. The van der Waals surface area contributed by atoms with Crippen molar-refractivity contribution in [3.05, 3.63) is 47.2 Å². The molecule has 0 radical (unpaired) electrons. The number of thiophene rings is 1. The molecule has 2 rings (SSSR count). The molecule has 0 aliphatic carbocycles. The number of allylic oxidation sites excluding steroid dienone is 1. The van der Waals surface area contributed by atoms with Gasteiger partial charge < -0.3 is 14.6 Å². The van der Waals surface area contributed by atoms with Crippen molar-refractivity contribution in [2.45, 2.75) is 0 Å². The van der Waals surface area contributed by atoms with Gasteiger partial charge in [-0.3, -0.25) is 4.79 Å². The Morgan fingerprint density at radius 1 is 1.33 bits per heavy atom. The van der Waals surface area contributed by atoms with Crippen LogP contribution in [0.2, 0.25) is 0 Å². The van der Waals surface area contributed by atoms with E-state index in [4.69, 9.17) is 14.6 Å². The fraction of sp³-hybridized carbons (Fsp3) is 0. The predicted octanol–water partition coefficient (Wildman–Crippen LogP) is 2.72. The van der Waals surface area contributed by atoms with E-state index in [1.54, 1.807) is 0 Å². The molecule has 0 saturated heterocycles. The van der Waals surface area contributed by atoms with Crippen LogP contribution in [0.1, 0.15) is 10.4 Å². The average molecular weight is 264 g/mol. The van der Waals surface area contributed by atoms with Crippen LogP contribution in [0.15, 0.2) is 46.1 Å². The number of furan rings is 1. The minimum absolute atomic E-state index is 0.186. The van der Waals surface area contributed by atoms with Crippen molar-refractivity contribution in [1.29, 1.82) is 0 Å². The Labute approximate surface area is 106 Å². The van der Waals surface area contributed by atoms with Crippen LogP contribution in [0, 0.1) is 0 Å². The second kappa shape index (κ2) is 4.89. The summed E-state index contributed by atoms with van der Waals surface area (Å²) in [5.74, 6) is -2.65. The largest absolute Gasteiger partial charge is 0.502 e. The zero-order valence-corrected chi connectivity index (χ0v) is 9.81. The number of aliphatic hydroxyl groups excluding tert-OH is 1. The Morgan fingerprint density at radius 3 is 2.72 bits per heavy atom. The maximum absolute atomic E-state index is 11.6. The number of aliphatic carboxylic acids is 1. The molecule has 0 unspecified atom stereocenters. The monoisotopic (exact) mass is 264 g/mol. The summed E-state index contributed by atoms with van der Waals surface area (Å²) in [6.45, 7) is 0. The van der Waals surface area contributed by atoms with Crippen LogP contribution in [-0.4, -0.2) is 22.0 Å². The summed E-state index contributed by atoms with van der Waals surface area (Å²) in [6.07, 6.45) is 1.87. The second-order valence-corrected chi connectivity index (χ2v) is 4.32. The number of carboxylic acid groups (broad SMARTS) is 1. The third-order valence-electron chi connectivity index (χ3n) is 2.13. The first kappa shape index (κ1) is 12.1. The first-order valence-electron chi connectivity index (χ1n) is 4.88. The number of aliphatic hydroxyl groups is 1. The van der Waals surface area contributed by atoms with Gasteiger partial charge in [0.1, 0.15) is 12.0 Å². The van der Waals surface area contributed by atoms with Gasteiger partial charge in [0, 0.05) is 6.08 Å². The molecule has 92 valence electrons. The molecule has 2 N–H and O–H groups in total. The molecule has 0 atom stereocenters. The zero-order chi connectivity index (χ0) is 13.1. The van der Waals surface area contributed by atoms with Gasteiger partial charge in [-0.2, -0.15) is 0 Å². The van der Waals surface area contributed by atoms with Crippen molar-refractivity contribution in [2.75, 3.05) is 0 Å². The average Bonchev–Trinajstić information content (AvgIpc) is 2.99. The summed E-state index contributed by atoms with van der Waals surface area (Å²) in [5, 5.41) is 19.3. The van der Waals surface area contributed by atoms with Crippen molar-refractivity contribution in [3.63, 3.8) is 0 Å². The quantitative estimate of drug-likeness (QED) is 0.503. The Hall–Kier alpha value is -2.34. The van der Waals surface area contributed by atoms with E-state index < -0.39 is 17.5 Å². The number of carboxylic acids is 1. The Balaban J connectivity index is 2.23. The van der Waals surface area contributed by atoms with Crippen molar-refractivity contribution in [2.24, 2.45) is 0 Å². The molecule has 2 aromatic rings. The first-order valence-corrected chi connectivity index (χ1v) is 5.76. The molecule has 18 heavy (non-hydrogen) atoms. The molecule has 2 aromatic heterocycles. The van der Waals surface area contributed by atoms with E-state index in [9.17, 15) is 9.59 Å². The third kappa shape index (κ3) is 2.49. The highest BCUT2D eigenvalue weighted by Gasteiger charge is 2.13. The summed E-state index contributed by atoms with van der Waals surface area (Å²) in [6, 6.07) is 5.18. The highest BCUT2D eigenvalue weighted by molar-refractivity contribution is 7.13. The Morgan fingerprint density at radius 2 is 2.11 bits per heavy atom. The molecule has 0 spiro atoms. The molecule has 0 saturated carbocycles. The number of ketones is 1. The fourth-order valence-electron chi connectivity index (χ4n) is 1.28. The summed E-state index contributed by atoms with van der Waals surface area (Å²) in [4.78, 5) is 22.8. The van der Waals surface area contributed by atoms with E-state index in [0.29, 0.717) is 11.8 Å². The molecule has 0 aromatic carbocycles. The molecule has 0 aliphatic heterocycles. The third-order valence-corrected chi connectivity index (χ3v) is 3.02. The zero-order valence-electron chi connectivity index (χ0n) is 8.99. The predicted molar refractivity (Wildman–Crippen MR) is 64.7 cm³/mol. The topological polar surface area (TPSA) is 87.7 Å². The van der Waals surface area contributed by atoms with Crippen molar-refractivity contribution >= 4 is 23.1 Å². The summed E-state index contributed by atoms with van der Waals surface area (Å²) >= 11 is 1.46. The van der Waals surface area contributed by atoms with E-state index in [1.807, 2.05) is 17.5 Å². The standard InChI is InChI=1S/C12H8O5S/c13-8(5-9(14)12(15)16)7-4-10(17-6-7)11-2-1-3-18-11/h1-6,14H,(H,15,16). The molecule has 0 aliphatic rings. The van der Waals surface area contributed by atoms with Gasteiger partial charge in [-0.15, -0.1) is 11.3 Å². The number of carbonyl (C=O) groups is 2. The van der Waals surface area contributed by atoms with E-state index in [1.165, 1.54) is 23.7 Å². The maximum atomic E-state index is 11.6. The maximum Gasteiger partial charge on any atom is 0.371 e. The van der Waals surface area contributed by atoms with Gasteiger partial charge in [0.25, 0.3) is 0 Å². The number of rotatable bonds is 4. The van der Waals surface area contributed by atoms with Crippen LogP contribution >= 0.6 is 11.3 Å². The lowest BCUT2D eigenvalue weighted by Gasteiger charge is -1.90. The van der Waals surface area contributed by atoms with Gasteiger partial charge in [-0.1, -0.05) is 6.07 Å². The van der Waals surface area contributed by atoms with E-state index in [0.717, 1.165) is 4.88 Å². The van der Waals surface area contributed by atoms with Crippen LogP contribution in [0.5, 0.6) is 0 Å². The summed E-state index contributed by atoms with van der Waals surface area (Å²) < 4.78 is 5.20.